The lowest BCUT2D eigenvalue weighted by molar-refractivity contribution is 0.0952. The van der Waals surface area contributed by atoms with Crippen LogP contribution in [0.15, 0.2) is 42.5 Å². The van der Waals surface area contributed by atoms with E-state index in [1.165, 1.54) is 0 Å². The number of carbonyl (C=O) groups excluding carboxylic acids is 1. The number of rotatable bonds is 13. The molecule has 0 atom stereocenters. The molecule has 1 amide bonds. The lowest BCUT2D eigenvalue weighted by Crippen LogP contribution is -2.24. The number of nitrogens with zero attached hydrogens (tertiary/aromatic N) is 2. The molecule has 3 rings (SSSR count). The maximum atomic E-state index is 12.4. The number of aryl methyl sites for hydroxylation is 1. The second kappa shape index (κ2) is 12.1. The number of nitrogens with one attached hydrogen (secondary N) is 1. The Hall–Kier alpha value is -3.06. The molecule has 1 aromatic heterocycles. The Kier molecular flexibility index (Phi) is 8.92. The highest BCUT2D eigenvalue weighted by molar-refractivity contribution is 5.94. The van der Waals surface area contributed by atoms with Crippen molar-refractivity contribution in [2.45, 2.75) is 39.2 Å². The molecule has 7 heteroatoms. The Morgan fingerprint density at radius 1 is 1.03 bits per heavy atom. The molecule has 0 aliphatic carbocycles. The van der Waals surface area contributed by atoms with Crippen molar-refractivity contribution in [2.24, 2.45) is 0 Å². The van der Waals surface area contributed by atoms with Crippen molar-refractivity contribution in [3.05, 3.63) is 53.9 Å². The average Bonchev–Trinajstić information content (AvgIpc) is 3.18. The molecule has 3 aromatic rings. The van der Waals surface area contributed by atoms with Crippen LogP contribution in [0.5, 0.6) is 11.5 Å². The van der Waals surface area contributed by atoms with Crippen molar-refractivity contribution in [3.63, 3.8) is 0 Å². The standard InChI is InChI=1S/C25H33N3O4/c1-4-32-17-16-28-21-11-8-7-10-20(21)27-24(28)12-6-5-9-15-26-25(29)19-13-14-22(30-2)23(18-19)31-3/h7-8,10-11,13-14,18H,4-6,9,12,15-17H2,1-3H3,(H,26,29). The summed E-state index contributed by atoms with van der Waals surface area (Å²) in [6.07, 6.45) is 3.85. The highest BCUT2D eigenvalue weighted by Gasteiger charge is 2.11. The Balaban J connectivity index is 1.46. The number of carbonyl (C=O) groups is 1. The number of benzene rings is 2. The summed E-state index contributed by atoms with van der Waals surface area (Å²) in [6, 6.07) is 13.4. The van der Waals surface area contributed by atoms with E-state index in [2.05, 4.69) is 22.0 Å². The number of imidazole rings is 1. The van der Waals surface area contributed by atoms with E-state index in [0.29, 0.717) is 30.2 Å². The number of hydrogen-bond acceptors (Lipinski definition) is 5. The van der Waals surface area contributed by atoms with E-state index in [4.69, 9.17) is 19.2 Å². The molecule has 1 heterocycles. The molecule has 0 aliphatic rings. The number of unbranched alkanes of at least 4 members (excludes halogenated alkanes) is 2. The second-order valence-electron chi connectivity index (χ2n) is 7.50. The van der Waals surface area contributed by atoms with Crippen LogP contribution in [0.1, 0.15) is 42.4 Å². The molecule has 0 saturated heterocycles. The van der Waals surface area contributed by atoms with Crippen LogP contribution in [0.3, 0.4) is 0 Å². The van der Waals surface area contributed by atoms with E-state index >= 15 is 0 Å². The van der Waals surface area contributed by atoms with E-state index in [1.807, 2.05) is 19.1 Å². The zero-order chi connectivity index (χ0) is 22.8. The Morgan fingerprint density at radius 3 is 2.62 bits per heavy atom. The molecular weight excluding hydrogens is 406 g/mol. The van der Waals surface area contributed by atoms with Crippen LogP contribution in [-0.2, 0) is 17.7 Å². The van der Waals surface area contributed by atoms with E-state index in [-0.39, 0.29) is 5.91 Å². The predicted molar refractivity (Wildman–Crippen MR) is 126 cm³/mol. The van der Waals surface area contributed by atoms with Gasteiger partial charge in [0.15, 0.2) is 11.5 Å². The predicted octanol–water partition coefficient (Wildman–Crippen LogP) is 4.23. The number of hydrogen-bond donors (Lipinski definition) is 1. The van der Waals surface area contributed by atoms with Gasteiger partial charge in [-0.15, -0.1) is 0 Å². The minimum atomic E-state index is -0.108. The fourth-order valence-electron chi connectivity index (χ4n) is 3.73. The van der Waals surface area contributed by atoms with Crippen LogP contribution in [0.4, 0.5) is 0 Å². The van der Waals surface area contributed by atoms with Gasteiger partial charge in [0.2, 0.25) is 0 Å². The van der Waals surface area contributed by atoms with Gasteiger partial charge in [0.25, 0.3) is 5.91 Å². The number of aromatic nitrogens is 2. The molecular formula is C25H33N3O4. The first-order valence-electron chi connectivity index (χ1n) is 11.2. The number of ether oxygens (including phenoxy) is 3. The maximum Gasteiger partial charge on any atom is 0.251 e. The van der Waals surface area contributed by atoms with E-state index in [1.54, 1.807) is 32.4 Å². The number of methoxy groups -OCH3 is 2. The van der Waals surface area contributed by atoms with Crippen molar-refractivity contribution in [2.75, 3.05) is 34.0 Å². The van der Waals surface area contributed by atoms with Crippen LogP contribution in [0, 0.1) is 0 Å². The maximum absolute atomic E-state index is 12.4. The monoisotopic (exact) mass is 439 g/mol. The lowest BCUT2D eigenvalue weighted by Gasteiger charge is -2.10. The molecule has 0 fully saturated rings. The summed E-state index contributed by atoms with van der Waals surface area (Å²) in [5.41, 5.74) is 2.75. The summed E-state index contributed by atoms with van der Waals surface area (Å²) in [4.78, 5) is 17.2. The first-order chi connectivity index (χ1) is 15.7. The second-order valence-corrected chi connectivity index (χ2v) is 7.50. The van der Waals surface area contributed by atoms with Gasteiger partial charge in [-0.2, -0.15) is 0 Å². The minimum absolute atomic E-state index is 0.108. The van der Waals surface area contributed by atoms with Crippen LogP contribution in [0.2, 0.25) is 0 Å². The largest absolute Gasteiger partial charge is 0.493 e. The van der Waals surface area contributed by atoms with Crippen molar-refractivity contribution >= 4 is 16.9 Å². The smallest absolute Gasteiger partial charge is 0.251 e. The molecule has 0 radical (unpaired) electrons. The highest BCUT2D eigenvalue weighted by atomic mass is 16.5. The molecule has 0 unspecified atom stereocenters. The fraction of sp³-hybridized carbons (Fsp3) is 0.440. The van der Waals surface area contributed by atoms with Crippen molar-refractivity contribution in [1.29, 1.82) is 0 Å². The summed E-state index contributed by atoms with van der Waals surface area (Å²) in [7, 11) is 3.14. The molecule has 0 bridgehead atoms. The summed E-state index contributed by atoms with van der Waals surface area (Å²) in [5, 5.41) is 2.98. The molecule has 7 nitrogen and oxygen atoms in total. The summed E-state index contributed by atoms with van der Waals surface area (Å²) >= 11 is 0. The van der Waals surface area contributed by atoms with Crippen LogP contribution >= 0.6 is 0 Å². The van der Waals surface area contributed by atoms with Gasteiger partial charge < -0.3 is 24.1 Å². The SMILES string of the molecule is CCOCCn1c(CCCCCNC(=O)c2ccc(OC)c(OC)c2)nc2ccccc21. The van der Waals surface area contributed by atoms with Crippen LogP contribution in [-0.4, -0.2) is 49.4 Å². The number of fused-ring (bicyclic) bond motifs is 1. The van der Waals surface area contributed by atoms with Crippen molar-refractivity contribution in [3.8, 4) is 11.5 Å². The molecule has 0 aliphatic heterocycles. The highest BCUT2D eigenvalue weighted by Crippen LogP contribution is 2.27. The average molecular weight is 440 g/mol. The van der Waals surface area contributed by atoms with E-state index in [0.717, 1.165) is 55.7 Å². The van der Waals surface area contributed by atoms with Crippen LogP contribution < -0.4 is 14.8 Å². The van der Waals surface area contributed by atoms with Gasteiger partial charge in [-0.3, -0.25) is 4.79 Å². The van der Waals surface area contributed by atoms with Crippen molar-refractivity contribution < 1.29 is 19.0 Å². The molecule has 172 valence electrons. The molecule has 0 saturated carbocycles. The number of para-hydroxylation sites is 2. The zero-order valence-electron chi connectivity index (χ0n) is 19.2. The van der Waals surface area contributed by atoms with Gasteiger partial charge in [0, 0.05) is 31.7 Å². The Labute approximate surface area is 189 Å². The topological polar surface area (TPSA) is 74.6 Å². The summed E-state index contributed by atoms with van der Waals surface area (Å²) in [6.45, 7) is 4.86. The van der Waals surface area contributed by atoms with Gasteiger partial charge in [-0.1, -0.05) is 18.6 Å². The first kappa shape index (κ1) is 23.6. The normalized spacial score (nSPS) is 11.0. The van der Waals surface area contributed by atoms with Gasteiger partial charge in [0.1, 0.15) is 5.82 Å². The van der Waals surface area contributed by atoms with Gasteiger partial charge in [-0.05, 0) is 50.1 Å². The third kappa shape index (κ3) is 6.01. The van der Waals surface area contributed by atoms with Gasteiger partial charge in [-0.25, -0.2) is 4.98 Å². The quantitative estimate of drug-likeness (QED) is 0.404. The molecule has 1 N–H and O–H groups in total. The third-order valence-corrected chi connectivity index (χ3v) is 5.41. The molecule has 0 spiro atoms. The lowest BCUT2D eigenvalue weighted by atomic mass is 10.1. The van der Waals surface area contributed by atoms with Crippen LogP contribution in [0.25, 0.3) is 11.0 Å². The Bertz CT molecular complexity index is 1020. The van der Waals surface area contributed by atoms with E-state index < -0.39 is 0 Å². The summed E-state index contributed by atoms with van der Waals surface area (Å²) < 4.78 is 18.3. The first-order valence-corrected chi connectivity index (χ1v) is 11.2. The Morgan fingerprint density at radius 2 is 1.84 bits per heavy atom. The third-order valence-electron chi connectivity index (χ3n) is 5.41. The molecule has 2 aromatic carbocycles. The van der Waals surface area contributed by atoms with Gasteiger partial charge >= 0.3 is 0 Å². The minimum Gasteiger partial charge on any atom is -0.493 e. The number of amides is 1. The van der Waals surface area contributed by atoms with Gasteiger partial charge in [0.05, 0.1) is 31.9 Å². The zero-order valence-corrected chi connectivity index (χ0v) is 19.2. The van der Waals surface area contributed by atoms with E-state index in [9.17, 15) is 4.79 Å². The fourth-order valence-corrected chi connectivity index (χ4v) is 3.73. The van der Waals surface area contributed by atoms with Crippen molar-refractivity contribution in [1.82, 2.24) is 14.9 Å². The summed E-state index contributed by atoms with van der Waals surface area (Å²) in [5.74, 6) is 2.15. The molecule has 32 heavy (non-hydrogen) atoms.